The van der Waals surface area contributed by atoms with E-state index >= 15 is 0 Å². The summed E-state index contributed by atoms with van der Waals surface area (Å²) in [6.45, 7) is 2.62. The van der Waals surface area contributed by atoms with Gasteiger partial charge in [-0.1, -0.05) is 0 Å². The van der Waals surface area contributed by atoms with Gasteiger partial charge in [-0.15, -0.1) is 0 Å². The quantitative estimate of drug-likeness (QED) is 0.474. The fourth-order valence-electron chi connectivity index (χ4n) is 5.92. The van der Waals surface area contributed by atoms with Gasteiger partial charge in [0.25, 0.3) is 5.91 Å². The number of fused-ring (bicyclic) bond motifs is 2. The molecule has 11 heteroatoms. The van der Waals surface area contributed by atoms with Gasteiger partial charge in [-0.2, -0.15) is 13.2 Å². The highest BCUT2D eigenvalue weighted by Gasteiger charge is 2.43. The molecule has 40 heavy (non-hydrogen) atoms. The molecule has 2 aromatic carbocycles. The molecule has 3 heterocycles. The van der Waals surface area contributed by atoms with Gasteiger partial charge < -0.3 is 29.2 Å². The molecule has 2 amide bonds. The van der Waals surface area contributed by atoms with Crippen molar-refractivity contribution >= 4 is 22.7 Å². The third-order valence-corrected chi connectivity index (χ3v) is 7.78. The Morgan fingerprint density at radius 2 is 1.60 bits per heavy atom. The number of alkyl halides is 3. The number of hydrogen-bond donors (Lipinski definition) is 1. The van der Waals surface area contributed by atoms with Crippen LogP contribution in [0, 0.1) is 11.8 Å². The lowest BCUT2D eigenvalue weighted by molar-refractivity contribution is -0.131. The monoisotopic (exact) mass is 558 g/mol. The smallest absolute Gasteiger partial charge is 0.393 e. The number of halogens is 3. The first-order valence-corrected chi connectivity index (χ1v) is 13.1. The van der Waals surface area contributed by atoms with E-state index in [1.54, 1.807) is 41.3 Å². The van der Waals surface area contributed by atoms with Crippen LogP contribution in [0.5, 0.6) is 11.5 Å². The second-order valence-electron chi connectivity index (χ2n) is 10.9. The molecule has 2 saturated heterocycles. The summed E-state index contributed by atoms with van der Waals surface area (Å²) in [6.07, 6.45) is -5.61. The first-order valence-electron chi connectivity index (χ1n) is 13.1. The van der Waals surface area contributed by atoms with Crippen LogP contribution in [-0.2, 0) is 11.2 Å². The normalized spacial score (nSPS) is 19.0. The summed E-state index contributed by atoms with van der Waals surface area (Å²) >= 11 is 0. The minimum Gasteiger partial charge on any atom is -0.493 e. The van der Waals surface area contributed by atoms with E-state index in [4.69, 9.17) is 9.47 Å². The maximum atomic E-state index is 13.7. The van der Waals surface area contributed by atoms with Crippen LogP contribution in [0.15, 0.2) is 36.4 Å². The molecule has 5 rings (SSSR count). The Morgan fingerprint density at radius 3 is 2.20 bits per heavy atom. The zero-order chi connectivity index (χ0) is 28.8. The number of aromatic nitrogens is 1. The van der Waals surface area contributed by atoms with Gasteiger partial charge in [-0.25, -0.2) is 0 Å². The van der Waals surface area contributed by atoms with Crippen LogP contribution < -0.4 is 9.47 Å². The molecule has 214 valence electrons. The van der Waals surface area contributed by atoms with E-state index in [2.05, 4.69) is 4.98 Å². The van der Waals surface area contributed by atoms with E-state index in [-0.39, 0.29) is 29.2 Å². The summed E-state index contributed by atoms with van der Waals surface area (Å²) in [5.41, 5.74) is 1.75. The summed E-state index contributed by atoms with van der Waals surface area (Å²) in [6, 6.07) is 9.81. The first kappa shape index (κ1) is 27.8. The maximum Gasteiger partial charge on any atom is 0.393 e. The van der Waals surface area contributed by atoms with Crippen LogP contribution in [0.4, 0.5) is 13.2 Å². The van der Waals surface area contributed by atoms with Gasteiger partial charge in [0.1, 0.15) is 0 Å². The molecule has 2 atom stereocenters. The number of aromatic amines is 1. The minimum atomic E-state index is -4.46. The van der Waals surface area contributed by atoms with E-state index in [9.17, 15) is 22.8 Å². The number of nitrogens with zero attached hydrogens (tertiary/aromatic N) is 3. The highest BCUT2D eigenvalue weighted by Crippen LogP contribution is 2.39. The Hall–Kier alpha value is -3.73. The fourth-order valence-corrected chi connectivity index (χ4v) is 5.92. The van der Waals surface area contributed by atoms with Gasteiger partial charge in [-0.3, -0.25) is 9.59 Å². The molecule has 2 aliphatic rings. The lowest BCUT2D eigenvalue weighted by Gasteiger charge is -2.23. The Labute approximate surface area is 230 Å². The average Bonchev–Trinajstić information content (AvgIpc) is 3.58. The summed E-state index contributed by atoms with van der Waals surface area (Å²) in [7, 11) is 6.66. The number of carbonyl (C=O) groups is 2. The molecule has 0 spiro atoms. The summed E-state index contributed by atoms with van der Waals surface area (Å²) in [4.78, 5) is 34.5. The summed E-state index contributed by atoms with van der Waals surface area (Å²) in [5, 5.41) is 0.354. The van der Waals surface area contributed by atoms with Crippen LogP contribution in [-0.4, -0.2) is 98.7 Å². The summed E-state index contributed by atoms with van der Waals surface area (Å²) in [5.74, 6) is 1.13. The molecule has 2 unspecified atom stereocenters. The van der Waals surface area contributed by atoms with Crippen molar-refractivity contribution in [1.82, 2.24) is 19.7 Å². The van der Waals surface area contributed by atoms with E-state index in [0.717, 1.165) is 0 Å². The largest absolute Gasteiger partial charge is 0.493 e. The zero-order valence-corrected chi connectivity index (χ0v) is 23.0. The van der Waals surface area contributed by atoms with Gasteiger partial charge in [0.2, 0.25) is 5.91 Å². The second-order valence-corrected chi connectivity index (χ2v) is 10.9. The van der Waals surface area contributed by atoms with Crippen molar-refractivity contribution in [2.24, 2.45) is 11.8 Å². The van der Waals surface area contributed by atoms with Crippen molar-refractivity contribution in [3.8, 4) is 22.8 Å². The molecule has 8 nitrogen and oxygen atoms in total. The number of methoxy groups -OCH3 is 2. The number of carbonyl (C=O) groups excluding carboxylic acids is 2. The van der Waals surface area contributed by atoms with Gasteiger partial charge in [0, 0.05) is 60.0 Å². The van der Waals surface area contributed by atoms with Crippen molar-refractivity contribution < 1.29 is 32.2 Å². The molecule has 2 aliphatic heterocycles. The number of likely N-dealkylation sites (N-methyl/N-ethyl adjacent to an activating group) is 1. The SMILES string of the molecule is COc1ccc(-c2[nH]c3ccc(C(=O)N4CC5CN(C(=O)CN(C)C)CC5C4)cc3c2CC(F)(F)F)cc1OC. The van der Waals surface area contributed by atoms with Crippen LogP contribution in [0.25, 0.3) is 22.2 Å². The second kappa shape index (κ2) is 10.7. The van der Waals surface area contributed by atoms with Gasteiger partial charge in [0.05, 0.1) is 32.9 Å². The molecule has 1 aromatic heterocycles. The van der Waals surface area contributed by atoms with Gasteiger partial charge in [0.15, 0.2) is 11.5 Å². The standard InChI is InChI=1S/C29H33F3N4O4/c1-34(2)16-26(37)35-12-19-14-36(15-20(19)13-35)28(38)18-5-7-23-21(9-18)22(11-29(30,31)32)27(33-23)17-6-8-24(39-3)25(10-17)40-4/h5-10,19-20,33H,11-16H2,1-4H3. The van der Waals surface area contributed by atoms with Crippen LogP contribution >= 0.6 is 0 Å². The number of amides is 2. The zero-order valence-electron chi connectivity index (χ0n) is 23.0. The van der Waals surface area contributed by atoms with E-state index in [0.29, 0.717) is 71.9 Å². The van der Waals surface area contributed by atoms with Gasteiger partial charge in [-0.05, 0) is 56.1 Å². The topological polar surface area (TPSA) is 78.1 Å². The van der Waals surface area contributed by atoms with Crippen molar-refractivity contribution in [2.75, 3.05) is 61.0 Å². The predicted molar refractivity (Wildman–Crippen MR) is 145 cm³/mol. The van der Waals surface area contributed by atoms with Crippen LogP contribution in [0.3, 0.4) is 0 Å². The third kappa shape index (κ3) is 5.47. The molecule has 0 aliphatic carbocycles. The van der Waals surface area contributed by atoms with E-state index in [1.807, 2.05) is 23.9 Å². The molecular formula is C29H33F3N4O4. The molecule has 0 saturated carbocycles. The van der Waals surface area contributed by atoms with Gasteiger partial charge >= 0.3 is 6.18 Å². The Bertz CT molecular complexity index is 1420. The van der Waals surface area contributed by atoms with Crippen molar-refractivity contribution in [3.05, 3.63) is 47.5 Å². The number of nitrogens with one attached hydrogen (secondary N) is 1. The molecule has 1 N–H and O–H groups in total. The number of H-pyrrole nitrogens is 1. The van der Waals surface area contributed by atoms with Crippen LogP contribution in [0.1, 0.15) is 15.9 Å². The van der Waals surface area contributed by atoms with E-state index in [1.165, 1.54) is 14.2 Å². The first-order chi connectivity index (χ1) is 19.0. The molecule has 0 radical (unpaired) electrons. The van der Waals surface area contributed by atoms with Crippen molar-refractivity contribution in [2.45, 2.75) is 12.6 Å². The molecule has 0 bridgehead atoms. The Kier molecular flexibility index (Phi) is 7.43. The van der Waals surface area contributed by atoms with Crippen molar-refractivity contribution in [3.63, 3.8) is 0 Å². The van der Waals surface area contributed by atoms with Crippen molar-refractivity contribution in [1.29, 1.82) is 0 Å². The predicted octanol–water partition coefficient (Wildman–Crippen LogP) is 4.05. The highest BCUT2D eigenvalue weighted by atomic mass is 19.4. The molecule has 2 fully saturated rings. The number of likely N-dealkylation sites (tertiary alicyclic amines) is 2. The highest BCUT2D eigenvalue weighted by molar-refractivity contribution is 6.00. The lowest BCUT2D eigenvalue weighted by atomic mass is 10.0. The molecule has 3 aromatic rings. The Balaban J connectivity index is 1.42. The average molecular weight is 559 g/mol. The maximum absolute atomic E-state index is 13.7. The number of ether oxygens (including phenoxy) is 2. The number of benzene rings is 2. The minimum absolute atomic E-state index is 0.0673. The third-order valence-electron chi connectivity index (χ3n) is 7.78. The summed E-state index contributed by atoms with van der Waals surface area (Å²) < 4.78 is 51.8. The Morgan fingerprint density at radius 1 is 0.950 bits per heavy atom. The fraction of sp³-hybridized carbons (Fsp3) is 0.448. The van der Waals surface area contributed by atoms with Crippen LogP contribution in [0.2, 0.25) is 0 Å². The lowest BCUT2D eigenvalue weighted by Crippen LogP contribution is -2.39. The number of rotatable bonds is 7. The molecular weight excluding hydrogens is 525 g/mol. The number of hydrogen-bond acceptors (Lipinski definition) is 5. The van der Waals surface area contributed by atoms with E-state index < -0.39 is 12.6 Å².